The maximum absolute atomic E-state index is 12.6. The quantitative estimate of drug-likeness (QED) is 0.751. The average Bonchev–Trinajstić information content (AvgIpc) is 2.53. The van der Waals surface area contributed by atoms with Crippen molar-refractivity contribution < 1.29 is 4.79 Å². The third-order valence-corrected chi connectivity index (χ3v) is 4.24. The second-order valence-electron chi connectivity index (χ2n) is 5.26. The number of rotatable bonds is 2. The Bertz CT molecular complexity index is 979. The number of hydrogen-bond donors (Lipinski definition) is 1. The van der Waals surface area contributed by atoms with E-state index in [-0.39, 0.29) is 11.1 Å². The minimum atomic E-state index is -0.527. The highest BCUT2D eigenvalue weighted by Crippen LogP contribution is 2.21. The fraction of sp³-hybridized carbons (Fsp3) is 0.118. The van der Waals surface area contributed by atoms with Crippen LogP contribution in [0.4, 0.5) is 5.69 Å². The van der Waals surface area contributed by atoms with Gasteiger partial charge in [0.15, 0.2) is 5.69 Å². The lowest BCUT2D eigenvalue weighted by molar-refractivity contribution is 0.101. The van der Waals surface area contributed by atoms with Crippen molar-refractivity contribution in [3.05, 3.63) is 68.4 Å². The number of halogens is 1. The Morgan fingerprint density at radius 3 is 2.70 bits per heavy atom. The molecule has 1 N–H and O–H groups in total. The van der Waals surface area contributed by atoms with Crippen molar-refractivity contribution >= 4 is 38.4 Å². The minimum Gasteiger partial charge on any atom is -0.319 e. The molecule has 3 aromatic rings. The molecule has 0 saturated carbocycles. The summed E-state index contributed by atoms with van der Waals surface area (Å²) in [5.41, 5.74) is 1.74. The molecule has 0 fully saturated rings. The Hall–Kier alpha value is -2.47. The van der Waals surface area contributed by atoms with Crippen LogP contribution >= 0.6 is 15.9 Å². The number of para-hydroxylation sites is 1. The van der Waals surface area contributed by atoms with E-state index in [9.17, 15) is 9.59 Å². The summed E-state index contributed by atoms with van der Waals surface area (Å²) in [7, 11) is 1.71. The number of fused-ring (bicyclic) bond motifs is 1. The van der Waals surface area contributed by atoms with Crippen LogP contribution in [0.15, 0.2) is 51.7 Å². The fourth-order valence-electron chi connectivity index (χ4n) is 2.38. The molecule has 116 valence electrons. The van der Waals surface area contributed by atoms with Gasteiger partial charge in [0.25, 0.3) is 5.91 Å². The summed E-state index contributed by atoms with van der Waals surface area (Å²) in [6, 6.07) is 12.7. The average molecular weight is 372 g/mol. The highest BCUT2D eigenvalue weighted by Gasteiger charge is 2.17. The third-order valence-electron chi connectivity index (χ3n) is 3.55. The number of carbonyl (C=O) groups excluding carboxylic acids is 1. The Morgan fingerprint density at radius 1 is 1.22 bits per heavy atom. The molecule has 1 heterocycles. The van der Waals surface area contributed by atoms with Crippen LogP contribution in [0.25, 0.3) is 10.9 Å². The second kappa shape index (κ2) is 5.96. The highest BCUT2D eigenvalue weighted by atomic mass is 79.9. The summed E-state index contributed by atoms with van der Waals surface area (Å²) in [5.74, 6) is -0.527. The number of nitrogens with zero attached hydrogens (tertiary/aromatic N) is 2. The van der Waals surface area contributed by atoms with E-state index < -0.39 is 5.91 Å². The van der Waals surface area contributed by atoms with E-state index in [4.69, 9.17) is 0 Å². The molecule has 0 aliphatic rings. The molecule has 0 saturated heterocycles. The van der Waals surface area contributed by atoms with Gasteiger partial charge in [-0.2, -0.15) is 5.10 Å². The van der Waals surface area contributed by atoms with Crippen LogP contribution < -0.4 is 10.7 Å². The molecular weight excluding hydrogens is 358 g/mol. The van der Waals surface area contributed by atoms with Gasteiger partial charge in [0.1, 0.15) is 0 Å². The molecule has 0 radical (unpaired) electrons. The SMILES string of the molecule is Cc1ccc2c(c1)c(=O)c(C(=O)Nc1ccccc1Br)nn2C. The van der Waals surface area contributed by atoms with Crippen LogP contribution in [0.2, 0.25) is 0 Å². The van der Waals surface area contributed by atoms with Crippen LogP contribution in [-0.4, -0.2) is 15.7 Å². The molecule has 6 heteroatoms. The molecule has 0 unspecified atom stereocenters. The van der Waals surface area contributed by atoms with Crippen molar-refractivity contribution in [1.82, 2.24) is 9.78 Å². The summed E-state index contributed by atoms with van der Waals surface area (Å²) in [5, 5.41) is 7.33. The summed E-state index contributed by atoms with van der Waals surface area (Å²) >= 11 is 3.36. The van der Waals surface area contributed by atoms with Crippen LogP contribution in [0.5, 0.6) is 0 Å². The molecule has 0 spiro atoms. The number of amides is 1. The number of aryl methyl sites for hydroxylation is 2. The number of hydrogen-bond acceptors (Lipinski definition) is 3. The van der Waals surface area contributed by atoms with Crippen molar-refractivity contribution in [2.45, 2.75) is 6.92 Å². The summed E-state index contributed by atoms with van der Waals surface area (Å²) < 4.78 is 2.28. The molecule has 5 nitrogen and oxygen atoms in total. The normalized spacial score (nSPS) is 10.7. The number of nitrogens with one attached hydrogen (secondary N) is 1. The summed E-state index contributed by atoms with van der Waals surface area (Å²) in [6.07, 6.45) is 0. The zero-order valence-corrected chi connectivity index (χ0v) is 14.2. The highest BCUT2D eigenvalue weighted by molar-refractivity contribution is 9.10. The first-order valence-electron chi connectivity index (χ1n) is 7.01. The monoisotopic (exact) mass is 371 g/mol. The maximum atomic E-state index is 12.6. The zero-order chi connectivity index (χ0) is 16.6. The first-order valence-corrected chi connectivity index (χ1v) is 7.80. The number of carbonyl (C=O) groups is 1. The van der Waals surface area contributed by atoms with Crippen LogP contribution in [0, 0.1) is 6.92 Å². The lowest BCUT2D eigenvalue weighted by Gasteiger charge is -2.10. The Morgan fingerprint density at radius 2 is 1.96 bits per heavy atom. The lowest BCUT2D eigenvalue weighted by Crippen LogP contribution is -2.26. The van der Waals surface area contributed by atoms with Crippen molar-refractivity contribution in [2.24, 2.45) is 7.05 Å². The van der Waals surface area contributed by atoms with Crippen molar-refractivity contribution in [3.63, 3.8) is 0 Å². The van der Waals surface area contributed by atoms with E-state index in [2.05, 4.69) is 26.3 Å². The lowest BCUT2D eigenvalue weighted by atomic mass is 10.1. The van der Waals surface area contributed by atoms with Gasteiger partial charge in [0.05, 0.1) is 16.6 Å². The molecular formula is C17H14BrN3O2. The van der Waals surface area contributed by atoms with Gasteiger partial charge in [0, 0.05) is 11.5 Å². The van der Waals surface area contributed by atoms with E-state index in [0.717, 1.165) is 10.0 Å². The smallest absolute Gasteiger partial charge is 0.280 e. The summed E-state index contributed by atoms with van der Waals surface area (Å²) in [6.45, 7) is 1.90. The van der Waals surface area contributed by atoms with E-state index in [1.807, 2.05) is 31.2 Å². The van der Waals surface area contributed by atoms with E-state index in [0.29, 0.717) is 16.6 Å². The molecule has 2 aromatic carbocycles. The molecule has 0 aliphatic carbocycles. The van der Waals surface area contributed by atoms with Gasteiger partial charge in [0.2, 0.25) is 5.43 Å². The molecule has 0 atom stereocenters. The summed E-state index contributed by atoms with van der Waals surface area (Å²) in [4.78, 5) is 25.1. The van der Waals surface area contributed by atoms with E-state index in [1.54, 1.807) is 29.9 Å². The molecule has 1 aromatic heterocycles. The number of benzene rings is 2. The first-order chi connectivity index (χ1) is 11.0. The molecule has 0 bridgehead atoms. The molecule has 1 amide bonds. The standard InChI is InChI=1S/C17H14BrN3O2/c1-10-7-8-14-11(9-10)16(22)15(20-21(14)2)17(23)19-13-6-4-3-5-12(13)18/h3-9H,1-2H3,(H,19,23). The van der Waals surface area contributed by atoms with Gasteiger partial charge in [-0.25, -0.2) is 0 Å². The zero-order valence-electron chi connectivity index (χ0n) is 12.6. The Balaban J connectivity index is 2.09. The van der Waals surface area contributed by atoms with Gasteiger partial charge in [-0.15, -0.1) is 0 Å². The van der Waals surface area contributed by atoms with Gasteiger partial charge in [-0.3, -0.25) is 14.3 Å². The first kappa shape index (κ1) is 15.4. The molecule has 0 aliphatic heterocycles. The Kier molecular flexibility index (Phi) is 4.00. The second-order valence-corrected chi connectivity index (χ2v) is 6.11. The predicted octanol–water partition coefficient (Wildman–Crippen LogP) is 3.26. The van der Waals surface area contributed by atoms with Gasteiger partial charge in [-0.05, 0) is 47.1 Å². The Labute approximate surface area is 141 Å². The topological polar surface area (TPSA) is 64.0 Å². The van der Waals surface area contributed by atoms with E-state index >= 15 is 0 Å². The van der Waals surface area contributed by atoms with Crippen molar-refractivity contribution in [2.75, 3.05) is 5.32 Å². The van der Waals surface area contributed by atoms with Crippen LogP contribution in [-0.2, 0) is 7.05 Å². The van der Waals surface area contributed by atoms with Crippen molar-refractivity contribution in [3.8, 4) is 0 Å². The van der Waals surface area contributed by atoms with Gasteiger partial charge < -0.3 is 5.32 Å². The third kappa shape index (κ3) is 2.90. The van der Waals surface area contributed by atoms with Crippen LogP contribution in [0.3, 0.4) is 0 Å². The van der Waals surface area contributed by atoms with E-state index in [1.165, 1.54) is 0 Å². The maximum Gasteiger partial charge on any atom is 0.280 e. The largest absolute Gasteiger partial charge is 0.319 e. The minimum absolute atomic E-state index is 0.124. The van der Waals surface area contributed by atoms with Gasteiger partial charge in [-0.1, -0.05) is 23.8 Å². The van der Waals surface area contributed by atoms with Crippen molar-refractivity contribution in [1.29, 1.82) is 0 Å². The van der Waals surface area contributed by atoms with Gasteiger partial charge >= 0.3 is 0 Å². The molecule has 3 rings (SSSR count). The predicted molar refractivity (Wildman–Crippen MR) is 93.8 cm³/mol. The van der Waals surface area contributed by atoms with Crippen LogP contribution in [0.1, 0.15) is 16.1 Å². The fourth-order valence-corrected chi connectivity index (χ4v) is 2.77. The molecule has 23 heavy (non-hydrogen) atoms. The number of aromatic nitrogens is 2. The number of anilines is 1.